The third-order valence-electron chi connectivity index (χ3n) is 4.48. The van der Waals surface area contributed by atoms with Crippen molar-refractivity contribution < 1.29 is 9.09 Å². The largest absolute Gasteiger partial charge is 0.447 e. The first-order valence-corrected chi connectivity index (χ1v) is 9.85. The summed E-state index contributed by atoms with van der Waals surface area (Å²) in [7, 11) is -2.91. The van der Waals surface area contributed by atoms with Crippen LogP contribution in [0.3, 0.4) is 0 Å². The van der Waals surface area contributed by atoms with Crippen LogP contribution in [0.15, 0.2) is 48.3 Å². The summed E-state index contributed by atoms with van der Waals surface area (Å²) in [6.07, 6.45) is 6.93. The van der Waals surface area contributed by atoms with Gasteiger partial charge in [0.2, 0.25) is 0 Å². The molecular formula is C19H33O2P. The van der Waals surface area contributed by atoms with E-state index in [2.05, 4.69) is 20.1 Å². The van der Waals surface area contributed by atoms with Gasteiger partial charge >= 0.3 is 0 Å². The SMILES string of the molecule is C=CC(C)/C(C)=C(/CC)OP(=O)(CC)C(C)(C)C(=C)/C=C\C. The maximum Gasteiger partial charge on any atom is 0.256 e. The molecule has 2 unspecified atom stereocenters. The van der Waals surface area contributed by atoms with E-state index in [0.29, 0.717) is 6.16 Å². The third kappa shape index (κ3) is 4.49. The van der Waals surface area contributed by atoms with Crippen molar-refractivity contribution in [1.82, 2.24) is 0 Å². The first-order chi connectivity index (χ1) is 10.1. The highest BCUT2D eigenvalue weighted by Crippen LogP contribution is 2.63. The van der Waals surface area contributed by atoms with Gasteiger partial charge in [0.15, 0.2) is 0 Å². The van der Waals surface area contributed by atoms with Crippen molar-refractivity contribution in [3.8, 4) is 0 Å². The Kier molecular flexibility index (Phi) is 8.18. The molecule has 0 rings (SSSR count). The van der Waals surface area contributed by atoms with Gasteiger partial charge in [-0.15, -0.1) is 6.58 Å². The van der Waals surface area contributed by atoms with Crippen molar-refractivity contribution in [3.05, 3.63) is 48.3 Å². The molecule has 0 spiro atoms. The van der Waals surface area contributed by atoms with Crippen LogP contribution in [0, 0.1) is 5.92 Å². The number of hydrogen-bond donors (Lipinski definition) is 0. The van der Waals surface area contributed by atoms with E-state index in [4.69, 9.17) is 4.52 Å². The fraction of sp³-hybridized carbons (Fsp3) is 0.579. The van der Waals surface area contributed by atoms with E-state index < -0.39 is 12.5 Å². The average molecular weight is 324 g/mol. The van der Waals surface area contributed by atoms with Crippen LogP contribution in [0.4, 0.5) is 0 Å². The summed E-state index contributed by atoms with van der Waals surface area (Å²) in [5, 5.41) is -0.591. The lowest BCUT2D eigenvalue weighted by Crippen LogP contribution is -2.25. The molecule has 3 heteroatoms. The van der Waals surface area contributed by atoms with Crippen molar-refractivity contribution in [2.45, 2.75) is 60.0 Å². The molecule has 0 aliphatic heterocycles. The minimum Gasteiger partial charge on any atom is -0.447 e. The van der Waals surface area contributed by atoms with E-state index >= 15 is 0 Å². The fourth-order valence-electron chi connectivity index (χ4n) is 2.22. The highest BCUT2D eigenvalue weighted by molar-refractivity contribution is 7.61. The lowest BCUT2D eigenvalue weighted by molar-refractivity contribution is 0.366. The van der Waals surface area contributed by atoms with Gasteiger partial charge in [-0.3, -0.25) is 4.57 Å². The van der Waals surface area contributed by atoms with Crippen molar-refractivity contribution in [3.63, 3.8) is 0 Å². The zero-order valence-corrected chi connectivity index (χ0v) is 16.3. The van der Waals surface area contributed by atoms with Gasteiger partial charge in [-0.25, -0.2) is 0 Å². The summed E-state index contributed by atoms with van der Waals surface area (Å²) in [6, 6.07) is 0. The molecule has 0 heterocycles. The van der Waals surface area contributed by atoms with Crippen LogP contribution in [0.2, 0.25) is 0 Å². The highest BCUT2D eigenvalue weighted by Gasteiger charge is 2.43. The standard InChI is InChI=1S/C19H33O2P/c1-10-14-16(6)19(8,9)22(20,13-4)21-18(12-3)17(7)15(5)11-2/h10-11,14-15H,2,6,12-13H2,1,3-5,7-9H3/b14-10-,18-17-. The molecule has 0 N–H and O–H groups in total. The Hall–Kier alpha value is -1.01. The van der Waals surface area contributed by atoms with E-state index in [0.717, 1.165) is 23.3 Å². The Bertz CT molecular complexity index is 510. The van der Waals surface area contributed by atoms with Crippen LogP contribution >= 0.6 is 7.37 Å². The van der Waals surface area contributed by atoms with Crippen LogP contribution in [0.1, 0.15) is 54.9 Å². The van der Waals surface area contributed by atoms with Crippen molar-refractivity contribution in [2.75, 3.05) is 6.16 Å². The smallest absolute Gasteiger partial charge is 0.256 e. The van der Waals surface area contributed by atoms with Crippen LogP contribution in [-0.2, 0) is 9.09 Å². The molecular weight excluding hydrogens is 291 g/mol. The molecule has 0 aliphatic rings. The lowest BCUT2D eigenvalue weighted by Gasteiger charge is -2.35. The van der Waals surface area contributed by atoms with Crippen molar-refractivity contribution in [1.29, 1.82) is 0 Å². The van der Waals surface area contributed by atoms with Gasteiger partial charge in [-0.1, -0.05) is 45.6 Å². The molecule has 0 aromatic heterocycles. The van der Waals surface area contributed by atoms with E-state index in [1.165, 1.54) is 0 Å². The zero-order valence-electron chi connectivity index (χ0n) is 15.4. The van der Waals surface area contributed by atoms with Gasteiger partial charge in [-0.2, -0.15) is 0 Å². The predicted molar refractivity (Wildman–Crippen MR) is 99.6 cm³/mol. The Morgan fingerprint density at radius 3 is 2.27 bits per heavy atom. The lowest BCUT2D eigenvalue weighted by atomic mass is 10.0. The van der Waals surface area contributed by atoms with E-state index in [1.807, 2.05) is 59.8 Å². The zero-order chi connectivity index (χ0) is 17.6. The van der Waals surface area contributed by atoms with Crippen LogP contribution in [0.25, 0.3) is 0 Å². The summed E-state index contributed by atoms with van der Waals surface area (Å²) in [5.74, 6) is 1.03. The summed E-state index contributed by atoms with van der Waals surface area (Å²) in [5.41, 5.74) is 1.93. The van der Waals surface area contributed by atoms with Gasteiger partial charge in [0, 0.05) is 12.6 Å². The molecule has 0 bridgehead atoms. The van der Waals surface area contributed by atoms with Gasteiger partial charge in [0.05, 0.1) is 5.16 Å². The molecule has 2 nitrogen and oxygen atoms in total. The molecule has 0 amide bonds. The monoisotopic (exact) mass is 324 g/mol. The molecule has 0 aromatic carbocycles. The van der Waals surface area contributed by atoms with E-state index in [1.54, 1.807) is 0 Å². The molecule has 0 saturated carbocycles. The second-order valence-corrected chi connectivity index (χ2v) is 9.43. The fourth-order valence-corrected chi connectivity index (χ4v) is 4.51. The minimum atomic E-state index is -2.91. The van der Waals surface area contributed by atoms with E-state index in [-0.39, 0.29) is 5.92 Å². The van der Waals surface area contributed by atoms with Crippen LogP contribution < -0.4 is 0 Å². The number of allylic oxidation sites excluding steroid dienone is 6. The number of hydrogen-bond acceptors (Lipinski definition) is 2. The second kappa shape index (κ2) is 8.58. The first kappa shape index (κ1) is 21.0. The molecule has 0 radical (unpaired) electrons. The maximum atomic E-state index is 13.5. The summed E-state index contributed by atoms with van der Waals surface area (Å²) >= 11 is 0. The van der Waals surface area contributed by atoms with Crippen molar-refractivity contribution >= 4 is 7.37 Å². The predicted octanol–water partition coefficient (Wildman–Crippen LogP) is 6.72. The Morgan fingerprint density at radius 2 is 1.91 bits per heavy atom. The molecule has 0 aliphatic carbocycles. The Morgan fingerprint density at radius 1 is 1.36 bits per heavy atom. The maximum absolute atomic E-state index is 13.5. The third-order valence-corrected chi connectivity index (χ3v) is 7.82. The summed E-state index contributed by atoms with van der Waals surface area (Å²) in [6.45, 7) is 21.8. The number of rotatable bonds is 9. The van der Waals surface area contributed by atoms with Gasteiger partial charge in [0.25, 0.3) is 7.37 Å². The quantitative estimate of drug-likeness (QED) is 0.204. The molecule has 0 saturated heterocycles. The average Bonchev–Trinajstić information content (AvgIpc) is 2.50. The van der Waals surface area contributed by atoms with Gasteiger partial charge in [-0.05, 0) is 44.8 Å². The van der Waals surface area contributed by atoms with Gasteiger partial charge in [0.1, 0.15) is 5.76 Å². The molecule has 2 atom stereocenters. The van der Waals surface area contributed by atoms with Crippen LogP contribution in [-0.4, -0.2) is 11.3 Å². The first-order valence-electron chi connectivity index (χ1n) is 8.04. The van der Waals surface area contributed by atoms with Crippen molar-refractivity contribution in [2.24, 2.45) is 5.92 Å². The van der Waals surface area contributed by atoms with Gasteiger partial charge < -0.3 is 4.52 Å². The molecule has 22 heavy (non-hydrogen) atoms. The second-order valence-electron chi connectivity index (χ2n) is 6.15. The minimum absolute atomic E-state index is 0.210. The van der Waals surface area contributed by atoms with E-state index in [9.17, 15) is 4.57 Å². The normalized spacial score (nSPS) is 17.6. The Balaban J connectivity index is 5.80. The van der Waals surface area contributed by atoms with Crippen LogP contribution in [0.5, 0.6) is 0 Å². The summed E-state index contributed by atoms with van der Waals surface area (Å²) < 4.78 is 19.7. The topological polar surface area (TPSA) is 26.3 Å². The molecule has 0 aromatic rings. The molecule has 126 valence electrons. The highest BCUT2D eigenvalue weighted by atomic mass is 31.2. The summed E-state index contributed by atoms with van der Waals surface area (Å²) in [4.78, 5) is 0. The Labute approximate surface area is 137 Å². The molecule has 0 fully saturated rings.